The number of nitrogens with zero attached hydrogens (tertiary/aromatic N) is 5. The zero-order chi connectivity index (χ0) is 22.9. The van der Waals surface area contributed by atoms with Gasteiger partial charge in [0.2, 0.25) is 17.8 Å². The molecule has 2 fully saturated rings. The number of H-pyrrole nitrogens is 1. The van der Waals surface area contributed by atoms with Gasteiger partial charge in [0.25, 0.3) is 0 Å². The van der Waals surface area contributed by atoms with E-state index in [1.165, 1.54) is 54.7 Å². The highest BCUT2D eigenvalue weighted by Gasteiger charge is 2.34. The molecule has 9 nitrogen and oxygen atoms in total. The molecule has 34 heavy (non-hydrogen) atoms. The van der Waals surface area contributed by atoms with Gasteiger partial charge in [0.15, 0.2) is 5.13 Å². The van der Waals surface area contributed by atoms with Crippen molar-refractivity contribution in [1.82, 2.24) is 24.9 Å². The van der Waals surface area contributed by atoms with Gasteiger partial charge in [0.05, 0.1) is 11.9 Å². The molecule has 1 saturated carbocycles. The summed E-state index contributed by atoms with van der Waals surface area (Å²) in [4.78, 5) is 37.1. The number of hydrogen-bond acceptors (Lipinski definition) is 8. The molecular formula is C24H30N8OS. The monoisotopic (exact) mass is 478 g/mol. The van der Waals surface area contributed by atoms with E-state index < -0.39 is 0 Å². The van der Waals surface area contributed by atoms with Gasteiger partial charge in [-0.1, -0.05) is 19.3 Å². The molecule has 0 aromatic carbocycles. The number of fused-ring (bicyclic) bond motifs is 1. The summed E-state index contributed by atoms with van der Waals surface area (Å²) in [6.07, 6.45) is 14.7. The number of carbonyl (C=O) groups is 1. The predicted octanol–water partition coefficient (Wildman–Crippen LogP) is 4.54. The van der Waals surface area contributed by atoms with Crippen LogP contribution < -0.4 is 15.5 Å². The lowest BCUT2D eigenvalue weighted by molar-refractivity contribution is -0.117. The second kappa shape index (κ2) is 9.32. The quantitative estimate of drug-likeness (QED) is 0.477. The number of aryl methyl sites for hydroxylation is 1. The van der Waals surface area contributed by atoms with Gasteiger partial charge in [-0.25, -0.2) is 15.0 Å². The molecule has 3 aromatic heterocycles. The zero-order valence-corrected chi connectivity index (χ0v) is 20.0. The molecule has 0 unspecified atom stereocenters. The molecule has 0 spiro atoms. The summed E-state index contributed by atoms with van der Waals surface area (Å²) in [6.45, 7) is 0.765. The van der Waals surface area contributed by atoms with Crippen molar-refractivity contribution in [2.45, 2.75) is 76.2 Å². The van der Waals surface area contributed by atoms with E-state index in [1.807, 2.05) is 16.5 Å². The number of rotatable bonds is 6. The van der Waals surface area contributed by atoms with Crippen molar-refractivity contribution in [3.05, 3.63) is 34.7 Å². The first-order chi connectivity index (χ1) is 16.7. The van der Waals surface area contributed by atoms with Crippen LogP contribution in [0.3, 0.4) is 0 Å². The van der Waals surface area contributed by atoms with Gasteiger partial charge in [-0.05, 0) is 44.9 Å². The van der Waals surface area contributed by atoms with Crippen molar-refractivity contribution in [2.75, 3.05) is 22.1 Å². The molecule has 1 atom stereocenters. The number of anilines is 4. The highest BCUT2D eigenvalue weighted by Crippen LogP contribution is 2.34. The number of imidazole rings is 1. The maximum atomic E-state index is 13.0. The smallest absolute Gasteiger partial charge is 0.248 e. The van der Waals surface area contributed by atoms with Crippen molar-refractivity contribution in [3.8, 4) is 0 Å². The topological polar surface area (TPSA) is 112 Å². The Morgan fingerprint density at radius 3 is 2.82 bits per heavy atom. The van der Waals surface area contributed by atoms with Crippen LogP contribution in [0.1, 0.15) is 74.2 Å². The van der Waals surface area contributed by atoms with Gasteiger partial charge in [-0.3, -0.25) is 4.79 Å². The number of nitrogens with one attached hydrogen (secondary N) is 3. The van der Waals surface area contributed by atoms with E-state index in [9.17, 15) is 4.79 Å². The van der Waals surface area contributed by atoms with E-state index in [0.29, 0.717) is 17.0 Å². The van der Waals surface area contributed by atoms with Gasteiger partial charge in [-0.15, -0.1) is 11.3 Å². The summed E-state index contributed by atoms with van der Waals surface area (Å²) in [5, 5.41) is 8.88. The van der Waals surface area contributed by atoms with Crippen LogP contribution in [-0.4, -0.2) is 43.4 Å². The fourth-order valence-electron chi connectivity index (χ4n) is 5.54. The number of aromatic nitrogens is 5. The summed E-state index contributed by atoms with van der Waals surface area (Å²) in [5.74, 6) is 2.70. The SMILES string of the molecule is O=C(Nc1nccs1)[C@H]1CCCN1c1nc2c(c(Nc3ncc(C4CCCCC4)[nH]3)n1)CCC2. The Morgan fingerprint density at radius 2 is 1.97 bits per heavy atom. The average molecular weight is 479 g/mol. The number of hydrogen-bond donors (Lipinski definition) is 3. The number of aromatic amines is 1. The Balaban J connectivity index is 1.24. The molecule has 1 amide bonds. The van der Waals surface area contributed by atoms with Crippen LogP contribution in [0.15, 0.2) is 17.8 Å². The van der Waals surface area contributed by atoms with Gasteiger partial charge in [0.1, 0.15) is 11.9 Å². The van der Waals surface area contributed by atoms with Crippen molar-refractivity contribution in [1.29, 1.82) is 0 Å². The fraction of sp³-hybridized carbons (Fsp3) is 0.542. The van der Waals surface area contributed by atoms with E-state index in [-0.39, 0.29) is 11.9 Å². The van der Waals surface area contributed by atoms with E-state index in [4.69, 9.17) is 9.97 Å². The Bertz CT molecular complexity index is 1150. The number of thiazole rings is 1. The van der Waals surface area contributed by atoms with Crippen LogP contribution >= 0.6 is 11.3 Å². The molecular weight excluding hydrogens is 448 g/mol. The molecule has 1 aliphatic heterocycles. The van der Waals surface area contributed by atoms with Crippen LogP contribution in [-0.2, 0) is 17.6 Å². The van der Waals surface area contributed by atoms with Gasteiger partial charge in [0, 0.05) is 35.3 Å². The maximum absolute atomic E-state index is 13.0. The van der Waals surface area contributed by atoms with Crippen LogP contribution in [0.4, 0.5) is 22.8 Å². The Labute approximate surface area is 202 Å². The third kappa shape index (κ3) is 4.26. The van der Waals surface area contributed by atoms with Gasteiger partial charge >= 0.3 is 0 Å². The second-order valence-electron chi connectivity index (χ2n) is 9.48. The average Bonchev–Trinajstić information content (AvgIpc) is 3.67. The van der Waals surface area contributed by atoms with Crippen molar-refractivity contribution < 1.29 is 4.79 Å². The fourth-order valence-corrected chi connectivity index (χ4v) is 6.07. The highest BCUT2D eigenvalue weighted by molar-refractivity contribution is 7.13. The largest absolute Gasteiger partial charge is 0.329 e. The van der Waals surface area contributed by atoms with Gasteiger partial charge < -0.3 is 20.5 Å². The third-order valence-corrected chi connectivity index (χ3v) is 7.96. The molecule has 3 aromatic rings. The van der Waals surface area contributed by atoms with Crippen molar-refractivity contribution in [2.24, 2.45) is 0 Å². The molecule has 2 aliphatic carbocycles. The minimum Gasteiger partial charge on any atom is -0.329 e. The summed E-state index contributed by atoms with van der Waals surface area (Å²) >= 11 is 1.43. The second-order valence-corrected chi connectivity index (χ2v) is 10.4. The van der Waals surface area contributed by atoms with E-state index >= 15 is 0 Å². The van der Waals surface area contributed by atoms with Crippen LogP contribution in [0.25, 0.3) is 0 Å². The molecule has 3 N–H and O–H groups in total. The van der Waals surface area contributed by atoms with Crippen molar-refractivity contribution >= 4 is 40.1 Å². The normalized spacial score (nSPS) is 20.5. The predicted molar refractivity (Wildman–Crippen MR) is 133 cm³/mol. The van der Waals surface area contributed by atoms with Gasteiger partial charge in [-0.2, -0.15) is 4.98 Å². The standard InChI is InChI=1S/C24H30N8OS/c33-21(31-24-25-11-13-34-24)19-10-5-12-32(19)23-28-17-9-4-8-16(17)20(30-23)29-22-26-14-18(27-22)15-6-2-1-3-7-15/h11,13-15,19H,1-10,12H2,(H,25,31,33)(H2,26,27,28,29,30)/t19-/m1/s1. The molecule has 6 rings (SSSR count). The molecule has 1 saturated heterocycles. The maximum Gasteiger partial charge on any atom is 0.248 e. The lowest BCUT2D eigenvalue weighted by Crippen LogP contribution is -2.40. The minimum absolute atomic E-state index is 0.0470. The first-order valence-electron chi connectivity index (χ1n) is 12.4. The Kier molecular flexibility index (Phi) is 5.90. The summed E-state index contributed by atoms with van der Waals surface area (Å²) < 4.78 is 0. The number of carbonyl (C=O) groups excluding carboxylic acids is 1. The molecule has 0 bridgehead atoms. The van der Waals surface area contributed by atoms with E-state index in [2.05, 4.69) is 25.6 Å². The molecule has 0 radical (unpaired) electrons. The lowest BCUT2D eigenvalue weighted by atomic mass is 9.87. The molecule has 3 aliphatic rings. The Morgan fingerprint density at radius 1 is 1.06 bits per heavy atom. The molecule has 10 heteroatoms. The number of amides is 1. The molecule has 4 heterocycles. The zero-order valence-electron chi connectivity index (χ0n) is 19.2. The highest BCUT2D eigenvalue weighted by atomic mass is 32.1. The van der Waals surface area contributed by atoms with E-state index in [1.54, 1.807) is 6.20 Å². The van der Waals surface area contributed by atoms with E-state index in [0.717, 1.165) is 56.1 Å². The van der Waals surface area contributed by atoms with Crippen LogP contribution in [0, 0.1) is 0 Å². The summed E-state index contributed by atoms with van der Waals surface area (Å²) in [5.41, 5.74) is 3.46. The third-order valence-electron chi connectivity index (χ3n) is 7.27. The lowest BCUT2D eigenvalue weighted by Gasteiger charge is -2.24. The minimum atomic E-state index is -0.294. The van der Waals surface area contributed by atoms with Crippen LogP contribution in [0.5, 0.6) is 0 Å². The molecule has 178 valence electrons. The summed E-state index contributed by atoms with van der Waals surface area (Å²) in [7, 11) is 0. The summed E-state index contributed by atoms with van der Waals surface area (Å²) in [6, 6.07) is -0.294. The first-order valence-corrected chi connectivity index (χ1v) is 13.3. The van der Waals surface area contributed by atoms with Crippen LogP contribution in [0.2, 0.25) is 0 Å². The van der Waals surface area contributed by atoms with Crippen molar-refractivity contribution in [3.63, 3.8) is 0 Å². The Hall–Kier alpha value is -3.01. The first kappa shape index (κ1) is 21.5.